The van der Waals surface area contributed by atoms with Crippen molar-refractivity contribution < 1.29 is 17.7 Å². The summed E-state index contributed by atoms with van der Waals surface area (Å²) < 4.78 is 32.3. The van der Waals surface area contributed by atoms with Crippen LogP contribution >= 0.6 is 11.3 Å². The molecule has 1 amide bonds. The second kappa shape index (κ2) is 9.77. The van der Waals surface area contributed by atoms with Gasteiger partial charge in [-0.2, -0.15) is 4.98 Å². The predicted octanol–water partition coefficient (Wildman–Crippen LogP) is 3.45. The average Bonchev–Trinajstić information content (AvgIpc) is 3.38. The highest BCUT2D eigenvalue weighted by Crippen LogP contribution is 2.21. The molecule has 0 aliphatic heterocycles. The number of carbonyl (C=O) groups is 1. The molecule has 3 rings (SSSR count). The molecule has 0 aliphatic carbocycles. The lowest BCUT2D eigenvalue weighted by Crippen LogP contribution is -2.24. The third kappa shape index (κ3) is 5.96. The standard InChI is InChI=1S/C19H22N4O4S2/c1-2-3-11-20-29(25,26)15-7-4-6-14(13-15)21-17(24)9-10-18-22-19(23-27-18)16-8-5-12-28-16/h4-8,12-13,20H,2-3,9-11H2,1H3,(H,21,24). The Morgan fingerprint density at radius 3 is 2.86 bits per heavy atom. The Balaban J connectivity index is 1.55. The van der Waals surface area contributed by atoms with Crippen molar-refractivity contribution >= 4 is 33.0 Å². The summed E-state index contributed by atoms with van der Waals surface area (Å²) in [6.45, 7) is 2.37. The maximum absolute atomic E-state index is 12.3. The number of hydrogen-bond donors (Lipinski definition) is 2. The molecule has 0 aliphatic rings. The first-order valence-corrected chi connectivity index (χ1v) is 11.6. The van der Waals surface area contributed by atoms with Crippen molar-refractivity contribution in [3.05, 3.63) is 47.7 Å². The van der Waals surface area contributed by atoms with Gasteiger partial charge in [0, 0.05) is 25.1 Å². The zero-order valence-electron chi connectivity index (χ0n) is 15.9. The van der Waals surface area contributed by atoms with Gasteiger partial charge in [-0.05, 0) is 36.1 Å². The van der Waals surface area contributed by atoms with Crippen LogP contribution in [0.25, 0.3) is 10.7 Å². The van der Waals surface area contributed by atoms with Gasteiger partial charge in [0.2, 0.25) is 27.6 Å². The van der Waals surface area contributed by atoms with Gasteiger partial charge in [0.15, 0.2) is 0 Å². The summed E-state index contributed by atoms with van der Waals surface area (Å²) in [6.07, 6.45) is 2.09. The van der Waals surface area contributed by atoms with E-state index in [1.807, 2.05) is 24.4 Å². The number of aromatic nitrogens is 2. The predicted molar refractivity (Wildman–Crippen MR) is 111 cm³/mol. The number of anilines is 1. The molecular formula is C19H22N4O4S2. The van der Waals surface area contributed by atoms with Crippen molar-refractivity contribution in [1.82, 2.24) is 14.9 Å². The summed E-state index contributed by atoms with van der Waals surface area (Å²) in [7, 11) is -3.60. The number of nitrogens with zero attached hydrogens (tertiary/aromatic N) is 2. The molecule has 29 heavy (non-hydrogen) atoms. The van der Waals surface area contributed by atoms with Gasteiger partial charge in [0.1, 0.15) is 0 Å². The Hall–Kier alpha value is -2.56. The maximum Gasteiger partial charge on any atom is 0.240 e. The van der Waals surface area contributed by atoms with E-state index in [1.54, 1.807) is 12.1 Å². The second-order valence-electron chi connectivity index (χ2n) is 6.32. The molecule has 3 aromatic rings. The lowest BCUT2D eigenvalue weighted by molar-refractivity contribution is -0.116. The van der Waals surface area contributed by atoms with E-state index in [9.17, 15) is 13.2 Å². The van der Waals surface area contributed by atoms with Crippen molar-refractivity contribution in [3.8, 4) is 10.7 Å². The van der Waals surface area contributed by atoms with Crippen LogP contribution in [0.1, 0.15) is 32.1 Å². The molecule has 0 atom stereocenters. The molecular weight excluding hydrogens is 412 g/mol. The van der Waals surface area contributed by atoms with E-state index < -0.39 is 10.0 Å². The summed E-state index contributed by atoms with van der Waals surface area (Å²) in [6, 6.07) is 9.96. The Bertz CT molecular complexity index is 1050. The fourth-order valence-corrected chi connectivity index (χ4v) is 4.28. The van der Waals surface area contributed by atoms with E-state index in [0.717, 1.165) is 17.7 Å². The number of carbonyl (C=O) groups excluding carboxylic acids is 1. The van der Waals surface area contributed by atoms with Gasteiger partial charge in [0.25, 0.3) is 0 Å². The van der Waals surface area contributed by atoms with Crippen molar-refractivity contribution in [1.29, 1.82) is 0 Å². The van der Waals surface area contributed by atoms with E-state index in [-0.39, 0.29) is 17.2 Å². The van der Waals surface area contributed by atoms with Crippen LogP contribution in [0.15, 0.2) is 51.2 Å². The first-order chi connectivity index (χ1) is 14.0. The molecule has 2 heterocycles. The van der Waals surface area contributed by atoms with Gasteiger partial charge >= 0.3 is 0 Å². The van der Waals surface area contributed by atoms with E-state index >= 15 is 0 Å². The fourth-order valence-electron chi connectivity index (χ4n) is 2.51. The zero-order chi connectivity index (χ0) is 20.7. The number of hydrogen-bond acceptors (Lipinski definition) is 7. The third-order valence-corrected chi connectivity index (χ3v) is 6.35. The van der Waals surface area contributed by atoms with Crippen LogP contribution in [0.2, 0.25) is 0 Å². The number of nitrogens with one attached hydrogen (secondary N) is 2. The topological polar surface area (TPSA) is 114 Å². The maximum atomic E-state index is 12.3. The highest BCUT2D eigenvalue weighted by molar-refractivity contribution is 7.89. The van der Waals surface area contributed by atoms with Crippen LogP contribution in [0, 0.1) is 0 Å². The van der Waals surface area contributed by atoms with Crippen molar-refractivity contribution in [2.75, 3.05) is 11.9 Å². The van der Waals surface area contributed by atoms with Crippen molar-refractivity contribution in [2.45, 2.75) is 37.5 Å². The Kier molecular flexibility index (Phi) is 7.13. The number of unbranched alkanes of at least 4 members (excludes halogenated alkanes) is 1. The van der Waals surface area contributed by atoms with E-state index in [1.165, 1.54) is 23.5 Å². The summed E-state index contributed by atoms with van der Waals surface area (Å²) in [5.41, 5.74) is 0.415. The lowest BCUT2D eigenvalue weighted by Gasteiger charge is -2.09. The van der Waals surface area contributed by atoms with Gasteiger partial charge < -0.3 is 9.84 Å². The monoisotopic (exact) mass is 434 g/mol. The molecule has 0 fully saturated rings. The molecule has 0 radical (unpaired) electrons. The van der Waals surface area contributed by atoms with E-state index in [2.05, 4.69) is 20.2 Å². The van der Waals surface area contributed by atoms with Gasteiger partial charge in [-0.15, -0.1) is 11.3 Å². The summed E-state index contributed by atoms with van der Waals surface area (Å²) >= 11 is 1.51. The van der Waals surface area contributed by atoms with Crippen LogP contribution < -0.4 is 10.0 Å². The minimum Gasteiger partial charge on any atom is -0.339 e. The highest BCUT2D eigenvalue weighted by atomic mass is 32.2. The minimum absolute atomic E-state index is 0.115. The van der Waals surface area contributed by atoms with Crippen LogP contribution in [-0.4, -0.2) is 31.0 Å². The summed E-state index contributed by atoms with van der Waals surface area (Å²) in [4.78, 5) is 17.5. The third-order valence-electron chi connectivity index (χ3n) is 4.03. The van der Waals surface area contributed by atoms with Crippen LogP contribution in [0.3, 0.4) is 0 Å². The van der Waals surface area contributed by atoms with Crippen LogP contribution in [-0.2, 0) is 21.2 Å². The molecule has 0 saturated carbocycles. The molecule has 0 saturated heterocycles. The first kappa shape index (κ1) is 21.2. The second-order valence-corrected chi connectivity index (χ2v) is 9.03. The number of aryl methyl sites for hydroxylation is 1. The zero-order valence-corrected chi connectivity index (χ0v) is 17.6. The van der Waals surface area contributed by atoms with Crippen molar-refractivity contribution in [3.63, 3.8) is 0 Å². The van der Waals surface area contributed by atoms with Gasteiger partial charge in [-0.25, -0.2) is 13.1 Å². The van der Waals surface area contributed by atoms with Crippen LogP contribution in [0.5, 0.6) is 0 Å². The number of rotatable bonds is 10. The first-order valence-electron chi connectivity index (χ1n) is 9.24. The Labute approximate surface area is 173 Å². The van der Waals surface area contributed by atoms with Gasteiger partial charge in [-0.1, -0.05) is 30.6 Å². The van der Waals surface area contributed by atoms with E-state index in [0.29, 0.717) is 30.4 Å². The SMILES string of the molecule is CCCCNS(=O)(=O)c1cccc(NC(=O)CCc2nc(-c3cccs3)no2)c1. The quantitative estimate of drug-likeness (QED) is 0.473. The number of sulfonamides is 1. The van der Waals surface area contributed by atoms with E-state index in [4.69, 9.17) is 4.52 Å². The van der Waals surface area contributed by atoms with Gasteiger partial charge in [-0.3, -0.25) is 4.79 Å². The Morgan fingerprint density at radius 1 is 1.24 bits per heavy atom. The number of thiophene rings is 1. The fraction of sp³-hybridized carbons (Fsp3) is 0.316. The van der Waals surface area contributed by atoms with Gasteiger partial charge in [0.05, 0.1) is 9.77 Å². The smallest absolute Gasteiger partial charge is 0.240 e. The van der Waals surface area contributed by atoms with Crippen LogP contribution in [0.4, 0.5) is 5.69 Å². The molecule has 154 valence electrons. The molecule has 2 N–H and O–H groups in total. The molecule has 10 heteroatoms. The molecule has 0 spiro atoms. The largest absolute Gasteiger partial charge is 0.339 e. The lowest BCUT2D eigenvalue weighted by atomic mass is 10.2. The number of benzene rings is 1. The summed E-state index contributed by atoms with van der Waals surface area (Å²) in [5.74, 6) is 0.609. The molecule has 0 bridgehead atoms. The minimum atomic E-state index is -3.60. The van der Waals surface area contributed by atoms with Crippen molar-refractivity contribution in [2.24, 2.45) is 0 Å². The summed E-state index contributed by atoms with van der Waals surface area (Å²) in [5, 5.41) is 8.54. The molecule has 0 unspecified atom stereocenters. The highest BCUT2D eigenvalue weighted by Gasteiger charge is 2.15. The molecule has 8 nitrogen and oxygen atoms in total. The number of amides is 1. The molecule has 2 aromatic heterocycles. The molecule has 1 aromatic carbocycles. The Morgan fingerprint density at radius 2 is 2.10 bits per heavy atom. The average molecular weight is 435 g/mol. The normalized spacial score (nSPS) is 11.5.